The summed E-state index contributed by atoms with van der Waals surface area (Å²) in [7, 11) is 0. The van der Waals surface area contributed by atoms with Gasteiger partial charge in [0.25, 0.3) is 0 Å². The zero-order valence-corrected chi connectivity index (χ0v) is 13.4. The minimum absolute atomic E-state index is 0.0581. The number of benzene rings is 3. The quantitative estimate of drug-likeness (QED) is 0.715. The van der Waals surface area contributed by atoms with Crippen LogP contribution in [0.2, 0.25) is 0 Å². The topological polar surface area (TPSA) is 41.5 Å². The van der Waals surface area contributed by atoms with E-state index in [9.17, 15) is 5.11 Å². The van der Waals surface area contributed by atoms with E-state index in [0.717, 1.165) is 22.6 Å². The molecule has 3 nitrogen and oxygen atoms in total. The molecule has 1 aliphatic rings. The molecule has 3 aromatic rings. The van der Waals surface area contributed by atoms with Crippen LogP contribution in [0.25, 0.3) is 0 Å². The van der Waals surface area contributed by atoms with Crippen LogP contribution in [0.5, 0.6) is 11.5 Å². The molecule has 0 aliphatic carbocycles. The van der Waals surface area contributed by atoms with Gasteiger partial charge in [-0.2, -0.15) is 0 Å². The predicted molar refractivity (Wildman–Crippen MR) is 95.5 cm³/mol. The number of ether oxygens (including phenoxy) is 1. The van der Waals surface area contributed by atoms with Crippen LogP contribution in [-0.4, -0.2) is 5.11 Å². The van der Waals surface area contributed by atoms with Gasteiger partial charge in [0, 0.05) is 16.8 Å². The molecule has 0 saturated carbocycles. The number of nitrogens with one attached hydrogen (secondary N) is 1. The molecule has 3 heteroatoms. The highest BCUT2D eigenvalue weighted by molar-refractivity contribution is 5.53. The lowest BCUT2D eigenvalue weighted by atomic mass is 9.97. The zero-order chi connectivity index (χ0) is 16.5. The van der Waals surface area contributed by atoms with E-state index < -0.39 is 0 Å². The average molecular weight is 317 g/mol. The van der Waals surface area contributed by atoms with Crippen LogP contribution in [0, 0.1) is 6.92 Å². The van der Waals surface area contributed by atoms with Crippen molar-refractivity contribution in [2.75, 3.05) is 5.32 Å². The fraction of sp³-hybridized carbons (Fsp3) is 0.143. The van der Waals surface area contributed by atoms with E-state index in [1.54, 1.807) is 6.07 Å². The van der Waals surface area contributed by atoms with Crippen molar-refractivity contribution >= 4 is 5.69 Å². The molecule has 0 spiro atoms. The van der Waals surface area contributed by atoms with E-state index in [-0.39, 0.29) is 17.9 Å². The minimum atomic E-state index is -0.273. The summed E-state index contributed by atoms with van der Waals surface area (Å²) in [6.07, 6.45) is -0.273. The van der Waals surface area contributed by atoms with E-state index in [4.69, 9.17) is 4.74 Å². The third-order valence-electron chi connectivity index (χ3n) is 4.43. The van der Waals surface area contributed by atoms with Gasteiger partial charge in [-0.3, -0.25) is 0 Å². The van der Waals surface area contributed by atoms with Crippen molar-refractivity contribution in [3.63, 3.8) is 0 Å². The molecule has 0 aromatic heterocycles. The third kappa shape index (κ3) is 2.58. The van der Waals surface area contributed by atoms with Crippen molar-refractivity contribution in [3.05, 3.63) is 89.5 Å². The Morgan fingerprint density at radius 3 is 2.25 bits per heavy atom. The Morgan fingerprint density at radius 1 is 0.833 bits per heavy atom. The van der Waals surface area contributed by atoms with Gasteiger partial charge in [-0.05, 0) is 31.2 Å². The van der Waals surface area contributed by atoms with Crippen molar-refractivity contribution in [1.82, 2.24) is 0 Å². The molecule has 0 unspecified atom stereocenters. The lowest BCUT2D eigenvalue weighted by Gasteiger charge is -2.22. The fourth-order valence-corrected chi connectivity index (χ4v) is 3.17. The number of para-hydroxylation sites is 2. The van der Waals surface area contributed by atoms with Gasteiger partial charge in [0.15, 0.2) is 6.10 Å². The molecule has 1 aliphatic heterocycles. The first-order valence-corrected chi connectivity index (χ1v) is 8.09. The standard InChI is InChI=1S/C21H19NO2/c1-14-10-12-15(13-11-14)22-20-17-7-3-5-9-19(17)24-21(20)16-6-2-4-8-18(16)23/h2-13,20-23H,1H3/t20-,21+/m0/s1. The number of fused-ring (bicyclic) bond motifs is 1. The summed E-state index contributed by atoms with van der Waals surface area (Å²) < 4.78 is 6.16. The lowest BCUT2D eigenvalue weighted by molar-refractivity contribution is 0.214. The van der Waals surface area contributed by atoms with Gasteiger partial charge in [0.1, 0.15) is 11.5 Å². The van der Waals surface area contributed by atoms with Crippen LogP contribution in [0.4, 0.5) is 5.69 Å². The number of hydrogen-bond donors (Lipinski definition) is 2. The number of phenols is 1. The van der Waals surface area contributed by atoms with Gasteiger partial charge in [0.05, 0.1) is 6.04 Å². The average Bonchev–Trinajstić information content (AvgIpc) is 2.96. The Labute approximate surface area is 141 Å². The molecule has 0 radical (unpaired) electrons. The zero-order valence-electron chi connectivity index (χ0n) is 13.4. The normalized spacial score (nSPS) is 18.7. The fourth-order valence-electron chi connectivity index (χ4n) is 3.17. The maximum absolute atomic E-state index is 10.3. The van der Waals surface area contributed by atoms with Gasteiger partial charge in [-0.25, -0.2) is 0 Å². The molecule has 4 rings (SSSR count). The predicted octanol–water partition coefficient (Wildman–Crippen LogP) is 4.99. The van der Waals surface area contributed by atoms with E-state index in [2.05, 4.69) is 42.6 Å². The van der Waals surface area contributed by atoms with Crippen molar-refractivity contribution < 1.29 is 9.84 Å². The highest BCUT2D eigenvalue weighted by Gasteiger charge is 2.36. The largest absolute Gasteiger partial charge is 0.508 e. The van der Waals surface area contributed by atoms with Crippen LogP contribution < -0.4 is 10.1 Å². The van der Waals surface area contributed by atoms with Crippen molar-refractivity contribution in [1.29, 1.82) is 0 Å². The summed E-state index contributed by atoms with van der Waals surface area (Å²) in [6, 6.07) is 23.6. The number of aryl methyl sites for hydroxylation is 1. The Balaban J connectivity index is 1.74. The van der Waals surface area contributed by atoms with Gasteiger partial charge in [-0.1, -0.05) is 54.1 Å². The number of hydrogen-bond acceptors (Lipinski definition) is 3. The van der Waals surface area contributed by atoms with E-state index >= 15 is 0 Å². The summed E-state index contributed by atoms with van der Waals surface area (Å²) in [5.41, 5.74) is 4.15. The second-order valence-electron chi connectivity index (χ2n) is 6.12. The first kappa shape index (κ1) is 14.6. The van der Waals surface area contributed by atoms with Crippen LogP contribution in [0.1, 0.15) is 28.8 Å². The molecule has 2 N–H and O–H groups in total. The van der Waals surface area contributed by atoms with Crippen LogP contribution in [0.3, 0.4) is 0 Å². The molecular formula is C21H19NO2. The van der Waals surface area contributed by atoms with Crippen molar-refractivity contribution in [2.24, 2.45) is 0 Å². The molecule has 2 atom stereocenters. The highest BCUT2D eigenvalue weighted by atomic mass is 16.5. The second-order valence-corrected chi connectivity index (χ2v) is 6.12. The Kier molecular flexibility index (Phi) is 3.62. The summed E-state index contributed by atoms with van der Waals surface area (Å²) in [6.45, 7) is 2.07. The molecule has 0 saturated heterocycles. The summed E-state index contributed by atoms with van der Waals surface area (Å²) in [4.78, 5) is 0. The van der Waals surface area contributed by atoms with Gasteiger partial charge in [0.2, 0.25) is 0 Å². The van der Waals surface area contributed by atoms with Crippen molar-refractivity contribution in [2.45, 2.75) is 19.1 Å². The number of phenolic OH excluding ortho intramolecular Hbond substituents is 1. The molecular weight excluding hydrogens is 298 g/mol. The molecule has 0 fully saturated rings. The van der Waals surface area contributed by atoms with E-state index in [0.29, 0.717) is 0 Å². The first-order valence-electron chi connectivity index (χ1n) is 8.09. The van der Waals surface area contributed by atoms with E-state index in [1.165, 1.54) is 5.56 Å². The van der Waals surface area contributed by atoms with Gasteiger partial charge >= 0.3 is 0 Å². The van der Waals surface area contributed by atoms with Gasteiger partial charge < -0.3 is 15.2 Å². The maximum atomic E-state index is 10.3. The third-order valence-corrected chi connectivity index (χ3v) is 4.43. The lowest BCUT2D eigenvalue weighted by Crippen LogP contribution is -2.17. The van der Waals surface area contributed by atoms with Gasteiger partial charge in [-0.15, -0.1) is 0 Å². The van der Waals surface area contributed by atoms with Crippen molar-refractivity contribution in [3.8, 4) is 11.5 Å². The monoisotopic (exact) mass is 317 g/mol. The summed E-state index contributed by atoms with van der Waals surface area (Å²) >= 11 is 0. The van der Waals surface area contributed by atoms with E-state index in [1.807, 2.05) is 36.4 Å². The summed E-state index contributed by atoms with van der Waals surface area (Å²) in [5.74, 6) is 1.11. The minimum Gasteiger partial charge on any atom is -0.508 e. The molecule has 24 heavy (non-hydrogen) atoms. The Morgan fingerprint density at radius 2 is 1.50 bits per heavy atom. The second kappa shape index (κ2) is 5.93. The molecule has 0 amide bonds. The SMILES string of the molecule is Cc1ccc(N[C@H]2c3ccccc3O[C@@H]2c2ccccc2O)cc1. The molecule has 3 aromatic carbocycles. The molecule has 1 heterocycles. The summed E-state index contributed by atoms with van der Waals surface area (Å²) in [5, 5.41) is 13.8. The first-order chi connectivity index (χ1) is 11.7. The number of aromatic hydroxyl groups is 1. The Hall–Kier alpha value is -2.94. The maximum Gasteiger partial charge on any atom is 0.152 e. The highest BCUT2D eigenvalue weighted by Crippen LogP contribution is 2.47. The molecule has 120 valence electrons. The number of rotatable bonds is 3. The van der Waals surface area contributed by atoms with Crippen LogP contribution in [-0.2, 0) is 0 Å². The Bertz CT molecular complexity index is 858. The smallest absolute Gasteiger partial charge is 0.152 e. The number of anilines is 1. The molecule has 0 bridgehead atoms. The van der Waals surface area contributed by atoms with Crippen LogP contribution in [0.15, 0.2) is 72.8 Å². The van der Waals surface area contributed by atoms with Crippen LogP contribution >= 0.6 is 0 Å².